The van der Waals surface area contributed by atoms with Gasteiger partial charge in [-0.05, 0) is 47.9 Å². The van der Waals surface area contributed by atoms with Crippen molar-refractivity contribution in [2.75, 3.05) is 5.32 Å². The zero-order chi connectivity index (χ0) is 29.2. The van der Waals surface area contributed by atoms with Crippen molar-refractivity contribution in [1.29, 1.82) is 0 Å². The molecule has 3 aromatic carbocycles. The van der Waals surface area contributed by atoms with Crippen molar-refractivity contribution in [2.45, 2.75) is 25.2 Å². The molecule has 1 aliphatic rings. The maximum Gasteiger partial charge on any atom is 0.417 e. The summed E-state index contributed by atoms with van der Waals surface area (Å²) >= 11 is 6.34. The minimum atomic E-state index is -4.88. The summed E-state index contributed by atoms with van der Waals surface area (Å²) in [7, 11) is 0. The lowest BCUT2D eigenvalue weighted by molar-refractivity contribution is -0.136. The molecule has 0 fully saturated rings. The smallest absolute Gasteiger partial charge is 0.341 e. The third-order valence-corrected chi connectivity index (χ3v) is 7.11. The van der Waals surface area contributed by atoms with E-state index >= 15 is 0 Å². The van der Waals surface area contributed by atoms with E-state index in [9.17, 15) is 35.5 Å². The van der Waals surface area contributed by atoms with Crippen molar-refractivity contribution in [1.82, 2.24) is 20.1 Å². The average Bonchev–Trinajstić information content (AvgIpc) is 3.45. The predicted molar refractivity (Wildman–Crippen MR) is 136 cm³/mol. The highest BCUT2D eigenvalue weighted by Crippen LogP contribution is 2.44. The lowest BCUT2D eigenvalue weighted by Gasteiger charge is -2.20. The summed E-state index contributed by atoms with van der Waals surface area (Å²) in [6, 6.07) is 6.14. The summed E-state index contributed by atoms with van der Waals surface area (Å²) in [4.78, 5) is 17.4. The number of halogens is 8. The number of nitrogens with zero attached hydrogens (tertiary/aromatic N) is 3. The fourth-order valence-electron chi connectivity index (χ4n) is 5.11. The first kappa shape index (κ1) is 26.8. The first-order chi connectivity index (χ1) is 19.4. The van der Waals surface area contributed by atoms with E-state index in [2.05, 4.69) is 20.7 Å². The molecule has 1 unspecified atom stereocenters. The van der Waals surface area contributed by atoms with Crippen LogP contribution in [0.1, 0.15) is 33.1 Å². The van der Waals surface area contributed by atoms with Gasteiger partial charge in [0, 0.05) is 38.8 Å². The summed E-state index contributed by atoms with van der Waals surface area (Å²) in [5, 5.41) is 9.27. The van der Waals surface area contributed by atoms with E-state index in [1.54, 1.807) is 0 Å². The third-order valence-electron chi connectivity index (χ3n) is 6.76. The Kier molecular flexibility index (Phi) is 6.29. The molecule has 0 bridgehead atoms. The minimum absolute atomic E-state index is 0.0123. The number of nitrogens with one attached hydrogen (secondary N) is 2. The lowest BCUT2D eigenvalue weighted by Crippen LogP contribution is -2.20. The number of hydrogen-bond acceptors (Lipinski definition) is 4. The molecule has 41 heavy (non-hydrogen) atoms. The quantitative estimate of drug-likeness (QED) is 0.209. The van der Waals surface area contributed by atoms with E-state index in [-0.39, 0.29) is 54.9 Å². The number of anilines is 2. The van der Waals surface area contributed by atoms with Crippen molar-refractivity contribution in [3.05, 3.63) is 93.8 Å². The molecule has 5 aromatic rings. The molecule has 0 saturated carbocycles. The molecule has 0 saturated heterocycles. The van der Waals surface area contributed by atoms with Crippen LogP contribution in [0.25, 0.3) is 21.7 Å². The molecule has 0 aliphatic carbocycles. The molecule has 6 rings (SSSR count). The van der Waals surface area contributed by atoms with Gasteiger partial charge in [0.1, 0.15) is 24.0 Å². The molecular formula is C27H15ClF7N5O. The number of amides is 1. The van der Waals surface area contributed by atoms with Crippen LogP contribution in [0.4, 0.5) is 42.2 Å². The van der Waals surface area contributed by atoms with Gasteiger partial charge >= 0.3 is 6.18 Å². The van der Waals surface area contributed by atoms with Crippen LogP contribution in [0.5, 0.6) is 0 Å². The van der Waals surface area contributed by atoms with E-state index in [0.717, 1.165) is 35.1 Å². The minimum Gasteiger partial charge on any atom is -0.341 e. The maximum atomic E-state index is 14.4. The van der Waals surface area contributed by atoms with E-state index < -0.39 is 48.3 Å². The largest absolute Gasteiger partial charge is 0.417 e. The second kappa shape index (κ2) is 9.61. The molecule has 0 spiro atoms. The molecule has 0 radical (unpaired) electrons. The zero-order valence-corrected chi connectivity index (χ0v) is 21.1. The third kappa shape index (κ3) is 4.59. The Hall–Kier alpha value is -4.39. The van der Waals surface area contributed by atoms with Crippen molar-refractivity contribution in [2.24, 2.45) is 0 Å². The van der Waals surface area contributed by atoms with Gasteiger partial charge in [-0.15, -0.1) is 0 Å². The number of alkyl halides is 5. The standard InChI is InChI=1S/C27H15ClF7N5O/c28-18-2-1-11(29)5-15(18)24-23-19(8-20-16(22(23)26(41)39-24)9-37-40(20)10-21(31)32)38-25-14-6-12(30)7-17(27(33,34)35)13(14)3-4-36-25/h1-9,21,24H,10H2,(H,36,38)(H,39,41). The van der Waals surface area contributed by atoms with Crippen molar-refractivity contribution in [3.63, 3.8) is 0 Å². The van der Waals surface area contributed by atoms with Crippen LogP contribution in [0.2, 0.25) is 5.02 Å². The number of carbonyl (C=O) groups is 1. The number of carbonyl (C=O) groups excluding carboxylic acids is 1. The highest BCUT2D eigenvalue weighted by atomic mass is 35.5. The van der Waals surface area contributed by atoms with Crippen LogP contribution >= 0.6 is 11.6 Å². The SMILES string of the molecule is O=C1NC(c2cc(F)ccc2Cl)c2c(Nc3nccc4c(C(F)(F)F)cc(F)cc34)cc3c(cnn3CC(F)F)c21. The van der Waals surface area contributed by atoms with E-state index in [1.807, 2.05) is 0 Å². The second-order valence-electron chi connectivity index (χ2n) is 9.27. The summed E-state index contributed by atoms with van der Waals surface area (Å²) in [6.07, 6.45) is -5.35. The normalized spacial score (nSPS) is 15.1. The summed E-state index contributed by atoms with van der Waals surface area (Å²) in [6.45, 7) is -0.810. The first-order valence-electron chi connectivity index (χ1n) is 11.9. The Morgan fingerprint density at radius 3 is 2.54 bits per heavy atom. The fraction of sp³-hybridized carbons (Fsp3) is 0.148. The van der Waals surface area contributed by atoms with E-state index in [4.69, 9.17) is 11.6 Å². The number of fused-ring (bicyclic) bond motifs is 4. The first-order valence-corrected chi connectivity index (χ1v) is 12.3. The molecule has 2 N–H and O–H groups in total. The van der Waals surface area contributed by atoms with Crippen LogP contribution in [0.15, 0.2) is 54.9 Å². The Bertz CT molecular complexity index is 1870. The molecule has 1 atom stereocenters. The predicted octanol–water partition coefficient (Wildman–Crippen LogP) is 7.38. The van der Waals surface area contributed by atoms with E-state index in [1.165, 1.54) is 18.3 Å². The Balaban J connectivity index is 1.62. The number of aromatic nitrogens is 3. The van der Waals surface area contributed by atoms with Crippen molar-refractivity contribution >= 4 is 50.7 Å². The Labute approximate surface area is 230 Å². The van der Waals surface area contributed by atoms with Gasteiger partial charge in [0.25, 0.3) is 12.3 Å². The Morgan fingerprint density at radius 1 is 1.02 bits per heavy atom. The highest BCUT2D eigenvalue weighted by molar-refractivity contribution is 6.31. The molecule has 1 aliphatic heterocycles. The van der Waals surface area contributed by atoms with Crippen LogP contribution in [0.3, 0.4) is 0 Å². The van der Waals surface area contributed by atoms with Gasteiger partial charge in [0.2, 0.25) is 0 Å². The number of benzene rings is 3. The van der Waals surface area contributed by atoms with Crippen LogP contribution in [-0.4, -0.2) is 27.1 Å². The van der Waals surface area contributed by atoms with Gasteiger partial charge in [-0.25, -0.2) is 22.5 Å². The van der Waals surface area contributed by atoms with Gasteiger partial charge in [0.05, 0.1) is 28.9 Å². The molecular weight excluding hydrogens is 579 g/mol. The monoisotopic (exact) mass is 593 g/mol. The van der Waals surface area contributed by atoms with E-state index in [0.29, 0.717) is 6.07 Å². The van der Waals surface area contributed by atoms with Gasteiger partial charge in [-0.1, -0.05) is 11.6 Å². The van der Waals surface area contributed by atoms with Crippen molar-refractivity contribution in [3.8, 4) is 0 Å². The highest BCUT2D eigenvalue weighted by Gasteiger charge is 2.37. The summed E-state index contributed by atoms with van der Waals surface area (Å²) in [5.74, 6) is -2.68. The number of pyridine rings is 1. The fourth-order valence-corrected chi connectivity index (χ4v) is 5.34. The van der Waals surface area contributed by atoms with Gasteiger partial charge in [-0.3, -0.25) is 9.48 Å². The molecule has 14 heteroatoms. The summed E-state index contributed by atoms with van der Waals surface area (Å²) in [5.41, 5.74) is -0.705. The van der Waals surface area contributed by atoms with Gasteiger partial charge in [-0.2, -0.15) is 18.3 Å². The zero-order valence-electron chi connectivity index (χ0n) is 20.3. The lowest BCUT2D eigenvalue weighted by atomic mass is 9.94. The van der Waals surface area contributed by atoms with Crippen LogP contribution in [-0.2, 0) is 12.7 Å². The molecule has 6 nitrogen and oxygen atoms in total. The topological polar surface area (TPSA) is 71.8 Å². The van der Waals surface area contributed by atoms with Crippen molar-refractivity contribution < 1.29 is 35.5 Å². The Morgan fingerprint density at radius 2 is 1.80 bits per heavy atom. The number of hydrogen-bond donors (Lipinski definition) is 2. The average molecular weight is 594 g/mol. The van der Waals surface area contributed by atoms with Gasteiger partial charge in [0.15, 0.2) is 0 Å². The molecule has 1 amide bonds. The maximum absolute atomic E-state index is 14.4. The second-order valence-corrected chi connectivity index (χ2v) is 9.67. The van der Waals surface area contributed by atoms with Crippen LogP contribution < -0.4 is 10.6 Å². The molecule has 210 valence electrons. The van der Waals surface area contributed by atoms with Gasteiger partial charge < -0.3 is 10.6 Å². The van der Waals surface area contributed by atoms with Crippen LogP contribution in [0, 0.1) is 11.6 Å². The summed E-state index contributed by atoms with van der Waals surface area (Å²) < 4.78 is 97.3. The number of rotatable bonds is 5. The molecule has 3 heterocycles. The molecule has 2 aromatic heterocycles.